The number of amides is 1. The van der Waals surface area contributed by atoms with Crippen LogP contribution in [0.2, 0.25) is 0 Å². The molecule has 1 amide bonds. The predicted molar refractivity (Wildman–Crippen MR) is 77.1 cm³/mol. The van der Waals surface area contributed by atoms with Gasteiger partial charge in [-0.3, -0.25) is 0 Å². The van der Waals surface area contributed by atoms with Gasteiger partial charge >= 0.3 is 118 Å². The Hall–Kier alpha value is -1.23. The minimum absolute atomic E-state index is 0.0250. The summed E-state index contributed by atoms with van der Waals surface area (Å²) in [6.45, 7) is 4.34. The molecule has 0 bridgehead atoms. The van der Waals surface area contributed by atoms with Crippen LogP contribution in [-0.4, -0.2) is 27.0 Å². The number of nitrogens with one attached hydrogen (secondary N) is 1. The second-order valence-electron chi connectivity index (χ2n) is 4.58. The molecule has 19 heavy (non-hydrogen) atoms. The Morgan fingerprint density at radius 1 is 1.37 bits per heavy atom. The zero-order valence-electron chi connectivity index (χ0n) is 11.1. The van der Waals surface area contributed by atoms with Crippen LogP contribution >= 0.6 is 0 Å². The van der Waals surface area contributed by atoms with Gasteiger partial charge in [-0.15, -0.1) is 0 Å². The molecule has 0 saturated carbocycles. The fourth-order valence-corrected chi connectivity index (χ4v) is 3.27. The summed E-state index contributed by atoms with van der Waals surface area (Å²) in [7, 11) is 0. The fourth-order valence-electron chi connectivity index (χ4n) is 2.11. The summed E-state index contributed by atoms with van der Waals surface area (Å²) in [5.74, 6) is -0.0250. The number of anilines is 1. The number of hydrogen-bond acceptors (Lipinski definition) is 4. The zero-order valence-corrected chi connectivity index (χ0v) is 12.9. The number of nitrogens with two attached hydrogens (primary N) is 1. The number of benzene rings is 1. The molecule has 6 heteroatoms. The molecule has 0 saturated heterocycles. The van der Waals surface area contributed by atoms with Crippen molar-refractivity contribution in [2.75, 3.05) is 11.9 Å². The van der Waals surface area contributed by atoms with Crippen molar-refractivity contribution in [3.63, 3.8) is 0 Å². The summed E-state index contributed by atoms with van der Waals surface area (Å²) < 4.78 is 8.67. The second-order valence-corrected chi connectivity index (χ2v) is 5.69. The third-order valence-electron chi connectivity index (χ3n) is 3.76. The molecular weight excluding hydrogens is 307 g/mol. The summed E-state index contributed by atoms with van der Waals surface area (Å²) in [5.41, 5.74) is 7.71. The first-order valence-corrected chi connectivity index (χ1v) is 7.93. The Morgan fingerprint density at radius 3 is 2.74 bits per heavy atom. The molecule has 5 nitrogen and oxygen atoms in total. The Balaban J connectivity index is 2.25. The summed E-state index contributed by atoms with van der Waals surface area (Å²) >= 11 is -0.0936. The molecule has 1 aliphatic rings. The van der Waals surface area contributed by atoms with Crippen molar-refractivity contribution in [2.24, 2.45) is 19.1 Å². The van der Waals surface area contributed by atoms with Gasteiger partial charge in [-0.2, -0.15) is 0 Å². The number of rotatable bonds is 5. The van der Waals surface area contributed by atoms with Crippen molar-refractivity contribution < 1.29 is 4.79 Å². The van der Waals surface area contributed by atoms with Gasteiger partial charge in [-0.05, 0) is 0 Å². The van der Waals surface area contributed by atoms with Crippen molar-refractivity contribution in [1.82, 2.24) is 0 Å². The van der Waals surface area contributed by atoms with Gasteiger partial charge in [-0.25, -0.2) is 0 Å². The van der Waals surface area contributed by atoms with Gasteiger partial charge in [0.15, 0.2) is 0 Å². The molecule has 0 unspecified atom stereocenters. The van der Waals surface area contributed by atoms with Crippen molar-refractivity contribution >= 4 is 37.5 Å². The Bertz CT molecular complexity index is 551. The first-order valence-electron chi connectivity index (χ1n) is 6.39. The maximum absolute atomic E-state index is 12.5. The van der Waals surface area contributed by atoms with E-state index in [9.17, 15) is 4.79 Å². The monoisotopic (exact) mass is 326 g/mol. The summed E-state index contributed by atoms with van der Waals surface area (Å²) in [5, 5.41) is 2.97. The second kappa shape index (κ2) is 5.82. The molecular formula is C13H18N4OSe. The molecule has 102 valence electrons. The number of carbonyl (C=O) groups excluding carboxylic acids is 1. The summed E-state index contributed by atoms with van der Waals surface area (Å²) in [6, 6.07) is 5.67. The predicted octanol–water partition coefficient (Wildman–Crippen LogP) is 2.74. The molecule has 3 N–H and O–H groups in total. The van der Waals surface area contributed by atoms with E-state index >= 15 is 0 Å². The Morgan fingerprint density at radius 2 is 2.11 bits per heavy atom. The number of fused-ring (bicyclic) bond motifs is 1. The van der Waals surface area contributed by atoms with Crippen LogP contribution in [-0.2, 0) is 4.79 Å². The summed E-state index contributed by atoms with van der Waals surface area (Å²) in [4.78, 5) is 12.5. The van der Waals surface area contributed by atoms with Crippen LogP contribution in [0.25, 0.3) is 0 Å². The maximum atomic E-state index is 12.5. The topological polar surface area (TPSA) is 79.8 Å². The number of carbonyl (C=O) groups is 1. The van der Waals surface area contributed by atoms with Gasteiger partial charge in [0, 0.05) is 0 Å². The van der Waals surface area contributed by atoms with E-state index in [1.165, 1.54) is 0 Å². The van der Waals surface area contributed by atoms with Crippen molar-refractivity contribution in [1.29, 1.82) is 0 Å². The van der Waals surface area contributed by atoms with Crippen LogP contribution in [0.3, 0.4) is 0 Å². The zero-order chi connectivity index (χ0) is 13.9. The quantitative estimate of drug-likeness (QED) is 0.829. The third-order valence-corrected chi connectivity index (χ3v) is 4.90. The average Bonchev–Trinajstić information content (AvgIpc) is 2.91. The Kier molecular flexibility index (Phi) is 4.34. The SMILES string of the molecule is CCC(CC)(CN)C(=O)Nc1cccc2c1N=[Se]=N2. The van der Waals surface area contributed by atoms with Gasteiger partial charge in [-0.1, -0.05) is 0 Å². The van der Waals surface area contributed by atoms with E-state index < -0.39 is 5.41 Å². The van der Waals surface area contributed by atoms with Gasteiger partial charge in [0.25, 0.3) is 0 Å². The van der Waals surface area contributed by atoms with E-state index in [0.29, 0.717) is 6.54 Å². The molecule has 0 atom stereocenters. The van der Waals surface area contributed by atoms with Crippen LogP contribution in [0.15, 0.2) is 26.1 Å². The van der Waals surface area contributed by atoms with Crippen molar-refractivity contribution in [3.05, 3.63) is 18.2 Å². The molecule has 0 radical (unpaired) electrons. The normalized spacial score (nSPS) is 13.0. The van der Waals surface area contributed by atoms with Crippen molar-refractivity contribution in [3.8, 4) is 0 Å². The Labute approximate surface area is 118 Å². The number of hydrogen-bond donors (Lipinski definition) is 2. The van der Waals surface area contributed by atoms with Crippen LogP contribution < -0.4 is 11.1 Å². The molecule has 0 fully saturated rings. The van der Waals surface area contributed by atoms with Crippen LogP contribution in [0.4, 0.5) is 17.1 Å². The van der Waals surface area contributed by atoms with Gasteiger partial charge < -0.3 is 0 Å². The minimum atomic E-state index is -0.496. The molecule has 0 aliphatic carbocycles. The molecule has 0 aromatic heterocycles. The molecule has 1 heterocycles. The van der Waals surface area contributed by atoms with Gasteiger partial charge in [0.1, 0.15) is 0 Å². The standard InChI is InChI=1S/C13H18N4OSe/c1-3-13(4-2,8-14)12(18)15-9-6-5-7-10-11(9)17-19-16-10/h5-7H,3-4,8,14H2,1-2H3,(H,15,18). The molecule has 1 aromatic rings. The van der Waals surface area contributed by atoms with E-state index in [-0.39, 0.29) is 20.5 Å². The first kappa shape index (κ1) is 14.2. The van der Waals surface area contributed by atoms with E-state index in [2.05, 4.69) is 13.2 Å². The van der Waals surface area contributed by atoms with Crippen LogP contribution in [0.5, 0.6) is 0 Å². The molecule has 2 rings (SSSR count). The number of nitrogens with zero attached hydrogens (tertiary/aromatic N) is 2. The van der Waals surface area contributed by atoms with Gasteiger partial charge in [0.05, 0.1) is 0 Å². The third kappa shape index (κ3) is 2.56. The fraction of sp³-hybridized carbons (Fsp3) is 0.462. The summed E-state index contributed by atoms with van der Waals surface area (Å²) in [6.07, 6.45) is 1.46. The molecule has 1 aromatic carbocycles. The van der Waals surface area contributed by atoms with Crippen LogP contribution in [0, 0.1) is 5.41 Å². The first-order chi connectivity index (χ1) is 9.16. The average molecular weight is 325 g/mol. The van der Waals surface area contributed by atoms with Gasteiger partial charge in [0.2, 0.25) is 0 Å². The molecule has 0 spiro atoms. The van der Waals surface area contributed by atoms with E-state index in [1.807, 2.05) is 32.0 Å². The molecule has 1 aliphatic heterocycles. The van der Waals surface area contributed by atoms with E-state index in [4.69, 9.17) is 5.73 Å². The van der Waals surface area contributed by atoms with E-state index in [0.717, 1.165) is 29.9 Å². The van der Waals surface area contributed by atoms with Crippen LogP contribution in [0.1, 0.15) is 26.7 Å². The van der Waals surface area contributed by atoms with Crippen molar-refractivity contribution in [2.45, 2.75) is 26.7 Å². The van der Waals surface area contributed by atoms with E-state index in [1.54, 1.807) is 0 Å².